The molecule has 15 heavy (non-hydrogen) atoms. The zero-order valence-electron chi connectivity index (χ0n) is 8.26. The van der Waals surface area contributed by atoms with Crippen molar-refractivity contribution in [2.45, 2.75) is 6.54 Å². The van der Waals surface area contributed by atoms with Gasteiger partial charge in [0, 0.05) is 12.7 Å². The van der Waals surface area contributed by atoms with Gasteiger partial charge in [-0.25, -0.2) is 0 Å². The standard InChI is InChI=1S/C12H12N2.ClH/c13-12-8-4-5-9-14(12)10-11-6-2-1-3-7-11;/h1-9,13H,10H2;1H. The summed E-state index contributed by atoms with van der Waals surface area (Å²) in [5.41, 5.74) is 1.76. The second-order valence-corrected chi connectivity index (χ2v) is 3.20. The summed E-state index contributed by atoms with van der Waals surface area (Å²) in [6.45, 7) is 0.764. The van der Waals surface area contributed by atoms with E-state index in [0.717, 1.165) is 6.54 Å². The van der Waals surface area contributed by atoms with Crippen LogP contribution in [0.3, 0.4) is 0 Å². The summed E-state index contributed by atoms with van der Waals surface area (Å²) in [4.78, 5) is 0. The van der Waals surface area contributed by atoms with E-state index in [9.17, 15) is 0 Å². The Morgan fingerprint density at radius 3 is 2.27 bits per heavy atom. The molecule has 0 aliphatic carbocycles. The Balaban J connectivity index is 0.00000112. The Morgan fingerprint density at radius 1 is 0.933 bits per heavy atom. The first-order valence-corrected chi connectivity index (χ1v) is 4.60. The predicted molar refractivity (Wildman–Crippen MR) is 63.1 cm³/mol. The highest BCUT2D eigenvalue weighted by atomic mass is 35.5. The van der Waals surface area contributed by atoms with Gasteiger partial charge in [-0.3, -0.25) is 5.41 Å². The summed E-state index contributed by atoms with van der Waals surface area (Å²) in [5.74, 6) is 0. The Bertz CT molecular complexity index is 462. The third-order valence-corrected chi connectivity index (χ3v) is 2.14. The molecule has 1 aromatic heterocycles. The molecule has 2 nitrogen and oxygen atoms in total. The second kappa shape index (κ2) is 5.37. The summed E-state index contributed by atoms with van der Waals surface area (Å²) in [5, 5.41) is 7.68. The van der Waals surface area contributed by atoms with Crippen LogP contribution in [0.15, 0.2) is 54.7 Å². The molecule has 2 aromatic rings. The van der Waals surface area contributed by atoms with Crippen LogP contribution in [0.5, 0.6) is 0 Å². The topological polar surface area (TPSA) is 28.8 Å². The molecule has 0 saturated carbocycles. The summed E-state index contributed by atoms with van der Waals surface area (Å²) >= 11 is 0. The van der Waals surface area contributed by atoms with Crippen molar-refractivity contribution in [3.05, 3.63) is 65.8 Å². The van der Waals surface area contributed by atoms with Gasteiger partial charge in [-0.1, -0.05) is 36.4 Å². The van der Waals surface area contributed by atoms with Crippen molar-refractivity contribution < 1.29 is 0 Å². The Hall–Kier alpha value is -1.54. The molecular formula is C12H13ClN2. The van der Waals surface area contributed by atoms with Crippen molar-refractivity contribution in [3.63, 3.8) is 0 Å². The van der Waals surface area contributed by atoms with Crippen LogP contribution in [0.4, 0.5) is 0 Å². The first kappa shape index (κ1) is 11.5. The molecule has 0 fully saturated rings. The molecule has 0 amide bonds. The summed E-state index contributed by atoms with van der Waals surface area (Å²) in [7, 11) is 0. The Labute approximate surface area is 95.1 Å². The lowest BCUT2D eigenvalue weighted by Gasteiger charge is -2.05. The SMILES string of the molecule is Cl.N=c1ccccn1Cc1ccccc1. The van der Waals surface area contributed by atoms with Crippen LogP contribution < -0.4 is 5.49 Å². The molecule has 0 unspecified atom stereocenters. The third kappa shape index (κ3) is 2.96. The number of benzene rings is 1. The van der Waals surface area contributed by atoms with Gasteiger partial charge in [0.2, 0.25) is 0 Å². The molecule has 3 heteroatoms. The predicted octanol–water partition coefficient (Wildman–Crippen LogP) is 2.44. The van der Waals surface area contributed by atoms with E-state index in [4.69, 9.17) is 5.41 Å². The van der Waals surface area contributed by atoms with Gasteiger partial charge in [0.25, 0.3) is 0 Å². The fourth-order valence-corrected chi connectivity index (χ4v) is 1.39. The van der Waals surface area contributed by atoms with Crippen LogP contribution in [-0.4, -0.2) is 4.57 Å². The maximum Gasteiger partial charge on any atom is 0.124 e. The van der Waals surface area contributed by atoms with Crippen molar-refractivity contribution in [3.8, 4) is 0 Å². The molecule has 0 spiro atoms. The molecule has 1 N–H and O–H groups in total. The normalized spacial score (nSPS) is 9.33. The molecule has 0 aliphatic rings. The maximum absolute atomic E-state index is 7.68. The number of rotatable bonds is 2. The summed E-state index contributed by atoms with van der Waals surface area (Å²) < 4.78 is 1.91. The molecule has 2 rings (SSSR count). The Morgan fingerprint density at radius 2 is 1.60 bits per heavy atom. The van der Waals surface area contributed by atoms with E-state index in [2.05, 4.69) is 12.1 Å². The molecule has 78 valence electrons. The highest BCUT2D eigenvalue weighted by Crippen LogP contribution is 1.99. The summed E-state index contributed by atoms with van der Waals surface area (Å²) in [6.07, 6.45) is 1.93. The number of halogens is 1. The van der Waals surface area contributed by atoms with E-state index >= 15 is 0 Å². The lowest BCUT2D eigenvalue weighted by Crippen LogP contribution is -2.18. The molecule has 1 aromatic carbocycles. The van der Waals surface area contributed by atoms with Gasteiger partial charge >= 0.3 is 0 Å². The minimum atomic E-state index is 0. The van der Waals surface area contributed by atoms with E-state index in [-0.39, 0.29) is 12.4 Å². The fourth-order valence-electron chi connectivity index (χ4n) is 1.39. The Kier molecular flexibility index (Phi) is 4.13. The average Bonchev–Trinajstić information content (AvgIpc) is 2.23. The molecule has 0 atom stereocenters. The van der Waals surface area contributed by atoms with Gasteiger partial charge in [-0.2, -0.15) is 0 Å². The van der Waals surface area contributed by atoms with Gasteiger partial charge in [-0.15, -0.1) is 12.4 Å². The average molecular weight is 221 g/mol. The minimum absolute atomic E-state index is 0. The number of nitrogens with one attached hydrogen (secondary N) is 1. The third-order valence-electron chi connectivity index (χ3n) is 2.14. The second-order valence-electron chi connectivity index (χ2n) is 3.20. The molecular weight excluding hydrogens is 208 g/mol. The molecule has 1 heterocycles. The largest absolute Gasteiger partial charge is 0.329 e. The zero-order chi connectivity index (χ0) is 9.80. The van der Waals surface area contributed by atoms with Gasteiger partial charge in [0.15, 0.2) is 0 Å². The number of aromatic nitrogens is 1. The molecule has 0 aliphatic heterocycles. The van der Waals surface area contributed by atoms with Gasteiger partial charge in [0.1, 0.15) is 5.49 Å². The van der Waals surface area contributed by atoms with Crippen molar-refractivity contribution in [2.75, 3.05) is 0 Å². The maximum atomic E-state index is 7.68. The minimum Gasteiger partial charge on any atom is -0.329 e. The number of nitrogens with zero attached hydrogens (tertiary/aromatic N) is 1. The number of pyridine rings is 1. The van der Waals surface area contributed by atoms with E-state index in [1.807, 2.05) is 41.1 Å². The van der Waals surface area contributed by atoms with E-state index < -0.39 is 0 Å². The quantitative estimate of drug-likeness (QED) is 0.806. The highest BCUT2D eigenvalue weighted by molar-refractivity contribution is 5.85. The number of hydrogen-bond donors (Lipinski definition) is 1. The molecule has 0 radical (unpaired) electrons. The molecule has 0 saturated heterocycles. The highest BCUT2D eigenvalue weighted by Gasteiger charge is 1.92. The van der Waals surface area contributed by atoms with Crippen LogP contribution in [0, 0.1) is 5.41 Å². The number of hydrogen-bond acceptors (Lipinski definition) is 1. The van der Waals surface area contributed by atoms with E-state index in [1.165, 1.54) is 5.56 Å². The van der Waals surface area contributed by atoms with Crippen LogP contribution in [0.2, 0.25) is 0 Å². The fraction of sp³-hybridized carbons (Fsp3) is 0.0833. The van der Waals surface area contributed by atoms with Crippen molar-refractivity contribution in [1.82, 2.24) is 4.57 Å². The smallest absolute Gasteiger partial charge is 0.124 e. The monoisotopic (exact) mass is 220 g/mol. The van der Waals surface area contributed by atoms with Gasteiger partial charge in [0.05, 0.1) is 0 Å². The van der Waals surface area contributed by atoms with Gasteiger partial charge < -0.3 is 4.57 Å². The molecule has 0 bridgehead atoms. The van der Waals surface area contributed by atoms with Crippen LogP contribution in [0.25, 0.3) is 0 Å². The van der Waals surface area contributed by atoms with Crippen molar-refractivity contribution in [1.29, 1.82) is 5.41 Å². The van der Waals surface area contributed by atoms with Crippen LogP contribution in [-0.2, 0) is 6.54 Å². The zero-order valence-corrected chi connectivity index (χ0v) is 9.08. The van der Waals surface area contributed by atoms with Crippen molar-refractivity contribution in [2.24, 2.45) is 0 Å². The van der Waals surface area contributed by atoms with Crippen LogP contribution >= 0.6 is 12.4 Å². The summed E-state index contributed by atoms with van der Waals surface area (Å²) in [6, 6.07) is 15.8. The van der Waals surface area contributed by atoms with E-state index in [1.54, 1.807) is 6.07 Å². The first-order valence-electron chi connectivity index (χ1n) is 4.60. The van der Waals surface area contributed by atoms with E-state index in [0.29, 0.717) is 5.49 Å². The van der Waals surface area contributed by atoms with Gasteiger partial charge in [-0.05, 0) is 17.7 Å². The first-order chi connectivity index (χ1) is 6.86. The lowest BCUT2D eigenvalue weighted by molar-refractivity contribution is 0.731. The van der Waals surface area contributed by atoms with Crippen LogP contribution in [0.1, 0.15) is 5.56 Å². The lowest BCUT2D eigenvalue weighted by atomic mass is 10.2. The van der Waals surface area contributed by atoms with Crippen molar-refractivity contribution >= 4 is 12.4 Å².